The highest BCUT2D eigenvalue weighted by Gasteiger charge is 2.26. The second-order valence-electron chi connectivity index (χ2n) is 6.84. The SMILES string of the molecule is Cc1ccc(C(=O)CCC(=O)O[C@@H](C)C(=O)N[C@H]2CCCC[C@@H]2C)s1. The van der Waals surface area contributed by atoms with E-state index in [1.165, 1.54) is 17.8 Å². The van der Waals surface area contributed by atoms with Crippen molar-refractivity contribution in [2.24, 2.45) is 5.92 Å². The lowest BCUT2D eigenvalue weighted by Gasteiger charge is -2.30. The van der Waals surface area contributed by atoms with E-state index < -0.39 is 12.1 Å². The molecule has 1 aliphatic rings. The average molecular weight is 365 g/mol. The zero-order valence-corrected chi connectivity index (χ0v) is 16.0. The summed E-state index contributed by atoms with van der Waals surface area (Å²) in [5.41, 5.74) is 0. The van der Waals surface area contributed by atoms with E-state index in [2.05, 4.69) is 12.2 Å². The van der Waals surface area contributed by atoms with Crippen LogP contribution in [0, 0.1) is 12.8 Å². The normalized spacial score (nSPS) is 21.4. The fourth-order valence-electron chi connectivity index (χ4n) is 3.06. The molecule has 25 heavy (non-hydrogen) atoms. The lowest BCUT2D eigenvalue weighted by Crippen LogP contribution is -2.46. The van der Waals surface area contributed by atoms with E-state index in [4.69, 9.17) is 4.74 Å². The smallest absolute Gasteiger partial charge is 0.307 e. The number of hydrogen-bond acceptors (Lipinski definition) is 5. The van der Waals surface area contributed by atoms with Crippen LogP contribution in [-0.4, -0.2) is 29.8 Å². The van der Waals surface area contributed by atoms with Crippen molar-refractivity contribution in [3.05, 3.63) is 21.9 Å². The number of carbonyl (C=O) groups is 3. The highest BCUT2D eigenvalue weighted by Crippen LogP contribution is 2.24. The minimum absolute atomic E-state index is 0.00671. The van der Waals surface area contributed by atoms with E-state index in [1.54, 1.807) is 13.0 Å². The van der Waals surface area contributed by atoms with Crippen molar-refractivity contribution >= 4 is 29.0 Å². The molecule has 0 radical (unpaired) electrons. The van der Waals surface area contributed by atoms with Gasteiger partial charge in [-0.3, -0.25) is 14.4 Å². The van der Waals surface area contributed by atoms with Crippen LogP contribution in [-0.2, 0) is 14.3 Å². The van der Waals surface area contributed by atoms with Crippen LogP contribution < -0.4 is 5.32 Å². The molecule has 1 aromatic heterocycles. The molecule has 6 heteroatoms. The van der Waals surface area contributed by atoms with Crippen LogP contribution in [0.25, 0.3) is 0 Å². The van der Waals surface area contributed by atoms with Gasteiger partial charge < -0.3 is 10.1 Å². The number of ether oxygens (including phenoxy) is 1. The Kier molecular flexibility index (Phi) is 7.17. The van der Waals surface area contributed by atoms with Crippen LogP contribution in [0.5, 0.6) is 0 Å². The monoisotopic (exact) mass is 365 g/mol. The van der Waals surface area contributed by atoms with Crippen molar-refractivity contribution in [1.82, 2.24) is 5.32 Å². The van der Waals surface area contributed by atoms with Gasteiger partial charge in [0, 0.05) is 17.3 Å². The van der Waals surface area contributed by atoms with Crippen molar-refractivity contribution in [2.45, 2.75) is 71.4 Å². The first-order chi connectivity index (χ1) is 11.9. The third kappa shape index (κ3) is 5.96. The Morgan fingerprint density at radius 3 is 2.60 bits per heavy atom. The predicted molar refractivity (Wildman–Crippen MR) is 97.7 cm³/mol. The number of carbonyl (C=O) groups excluding carboxylic acids is 3. The Morgan fingerprint density at radius 2 is 1.96 bits per heavy atom. The lowest BCUT2D eigenvalue weighted by atomic mass is 9.86. The molecule has 1 fully saturated rings. The highest BCUT2D eigenvalue weighted by molar-refractivity contribution is 7.14. The third-order valence-corrected chi connectivity index (χ3v) is 5.73. The van der Waals surface area contributed by atoms with Crippen molar-refractivity contribution in [1.29, 1.82) is 0 Å². The molecule has 0 spiro atoms. The van der Waals surface area contributed by atoms with Gasteiger partial charge >= 0.3 is 5.97 Å². The molecule has 0 bridgehead atoms. The van der Waals surface area contributed by atoms with E-state index in [0.717, 1.165) is 24.1 Å². The number of Topliss-reactive ketones (excluding diaryl/α,β-unsaturated/α-hetero) is 1. The summed E-state index contributed by atoms with van der Waals surface area (Å²) in [6.45, 7) is 5.65. The summed E-state index contributed by atoms with van der Waals surface area (Å²) < 4.78 is 5.18. The van der Waals surface area contributed by atoms with Gasteiger partial charge in [0.1, 0.15) is 0 Å². The summed E-state index contributed by atoms with van der Waals surface area (Å²) in [5.74, 6) is -0.385. The number of esters is 1. The molecule has 3 atom stereocenters. The summed E-state index contributed by atoms with van der Waals surface area (Å²) in [5, 5.41) is 2.99. The third-order valence-electron chi connectivity index (χ3n) is 4.69. The maximum Gasteiger partial charge on any atom is 0.307 e. The molecule has 1 aliphatic carbocycles. The Labute approximate surface area is 153 Å². The second kappa shape index (κ2) is 9.13. The van der Waals surface area contributed by atoms with Gasteiger partial charge in [0.15, 0.2) is 11.9 Å². The molecule has 1 N–H and O–H groups in total. The molecular weight excluding hydrogens is 338 g/mol. The molecule has 0 aliphatic heterocycles. The molecule has 1 saturated carbocycles. The summed E-state index contributed by atoms with van der Waals surface area (Å²) >= 11 is 1.42. The largest absolute Gasteiger partial charge is 0.453 e. The van der Waals surface area contributed by atoms with E-state index in [9.17, 15) is 14.4 Å². The van der Waals surface area contributed by atoms with E-state index in [0.29, 0.717) is 10.8 Å². The lowest BCUT2D eigenvalue weighted by molar-refractivity contribution is -0.155. The summed E-state index contributed by atoms with van der Waals surface area (Å²) in [7, 11) is 0. The topological polar surface area (TPSA) is 72.5 Å². The van der Waals surface area contributed by atoms with E-state index in [1.807, 2.05) is 13.0 Å². The molecule has 1 heterocycles. The first-order valence-corrected chi connectivity index (χ1v) is 9.78. The first kappa shape index (κ1) is 19.6. The number of hydrogen-bond donors (Lipinski definition) is 1. The van der Waals surface area contributed by atoms with Gasteiger partial charge in [-0.2, -0.15) is 0 Å². The number of amides is 1. The molecule has 1 amide bonds. The standard InChI is InChI=1S/C19H27NO4S/c1-12-6-4-5-7-15(12)20-19(23)14(3)24-18(22)11-9-16(21)17-10-8-13(2)25-17/h8,10,12,14-15H,4-7,9,11H2,1-3H3,(H,20,23)/t12-,14-,15-/m0/s1. The molecule has 138 valence electrons. The number of nitrogens with one attached hydrogen (secondary N) is 1. The minimum atomic E-state index is -0.833. The van der Waals surface area contributed by atoms with Crippen LogP contribution in [0.2, 0.25) is 0 Å². The fraction of sp³-hybridized carbons (Fsp3) is 0.632. The van der Waals surface area contributed by atoms with Gasteiger partial charge in [-0.25, -0.2) is 0 Å². The zero-order valence-electron chi connectivity index (χ0n) is 15.2. The van der Waals surface area contributed by atoms with E-state index >= 15 is 0 Å². The van der Waals surface area contributed by atoms with E-state index in [-0.39, 0.29) is 30.6 Å². The molecule has 1 aromatic rings. The maximum atomic E-state index is 12.2. The van der Waals surface area contributed by atoms with Crippen molar-refractivity contribution < 1.29 is 19.1 Å². The Bertz CT molecular complexity index is 625. The van der Waals surface area contributed by atoms with Crippen molar-refractivity contribution in [3.8, 4) is 0 Å². The predicted octanol–water partition coefficient (Wildman–Crippen LogP) is 3.65. The second-order valence-corrected chi connectivity index (χ2v) is 8.13. The van der Waals surface area contributed by atoms with Crippen LogP contribution in [0.15, 0.2) is 12.1 Å². The molecular formula is C19H27NO4S. The van der Waals surface area contributed by atoms with Gasteiger partial charge in [0.2, 0.25) is 0 Å². The van der Waals surface area contributed by atoms with Gasteiger partial charge in [-0.05, 0) is 44.7 Å². The quantitative estimate of drug-likeness (QED) is 0.591. The van der Waals surface area contributed by atoms with Crippen LogP contribution in [0.4, 0.5) is 0 Å². The van der Waals surface area contributed by atoms with Gasteiger partial charge in [0.05, 0.1) is 11.3 Å². The minimum Gasteiger partial charge on any atom is -0.453 e. The van der Waals surface area contributed by atoms with Crippen molar-refractivity contribution in [2.75, 3.05) is 0 Å². The number of aryl methyl sites for hydroxylation is 1. The highest BCUT2D eigenvalue weighted by atomic mass is 32.1. The van der Waals surface area contributed by atoms with Crippen LogP contribution in [0.1, 0.15) is 66.9 Å². The molecule has 0 unspecified atom stereocenters. The molecule has 5 nitrogen and oxygen atoms in total. The zero-order chi connectivity index (χ0) is 18.4. The number of ketones is 1. The van der Waals surface area contributed by atoms with Crippen LogP contribution in [0.3, 0.4) is 0 Å². The van der Waals surface area contributed by atoms with Gasteiger partial charge in [-0.1, -0.05) is 19.8 Å². The number of thiophene rings is 1. The first-order valence-electron chi connectivity index (χ1n) is 8.96. The van der Waals surface area contributed by atoms with Gasteiger partial charge in [-0.15, -0.1) is 11.3 Å². The van der Waals surface area contributed by atoms with Crippen LogP contribution >= 0.6 is 11.3 Å². The summed E-state index contributed by atoms with van der Waals surface area (Å²) in [6, 6.07) is 3.82. The van der Waals surface area contributed by atoms with Crippen molar-refractivity contribution in [3.63, 3.8) is 0 Å². The fourth-order valence-corrected chi connectivity index (χ4v) is 3.90. The van der Waals surface area contributed by atoms with Gasteiger partial charge in [0.25, 0.3) is 5.91 Å². The summed E-state index contributed by atoms with van der Waals surface area (Å²) in [4.78, 5) is 37.8. The average Bonchev–Trinajstić information content (AvgIpc) is 3.01. The number of rotatable bonds is 7. The Balaban J connectivity index is 1.73. The Morgan fingerprint density at radius 1 is 1.24 bits per heavy atom. The maximum absolute atomic E-state index is 12.2. The Hall–Kier alpha value is -1.69. The summed E-state index contributed by atoms with van der Waals surface area (Å²) in [6.07, 6.45) is 3.68. The molecule has 0 aromatic carbocycles. The molecule has 2 rings (SSSR count). The molecule has 0 saturated heterocycles.